The lowest BCUT2D eigenvalue weighted by atomic mass is 9.44. The molecule has 4 fully saturated rings. The fraction of sp³-hybridized carbons (Fsp3) is 0.968. The Morgan fingerprint density at radius 1 is 0.853 bits per heavy atom. The maximum absolute atomic E-state index is 9.12. The van der Waals surface area contributed by atoms with Crippen LogP contribution in [0, 0.1) is 52.3 Å². The van der Waals surface area contributed by atoms with Crippen LogP contribution in [0.5, 0.6) is 0 Å². The zero-order valence-electron chi connectivity index (χ0n) is 23.7. The van der Waals surface area contributed by atoms with E-state index in [1.165, 1.54) is 32.1 Å². The molecular weight excluding hydrogens is 420 g/mol. The lowest BCUT2D eigenvalue weighted by Crippen LogP contribution is -2.53. The van der Waals surface area contributed by atoms with Gasteiger partial charge in [-0.25, -0.2) is 4.79 Å². The Morgan fingerprint density at radius 2 is 1.50 bits per heavy atom. The second-order valence-electron chi connectivity index (χ2n) is 13.0. The van der Waals surface area contributed by atoms with Crippen molar-refractivity contribution in [3.05, 3.63) is 0 Å². The third-order valence-electron chi connectivity index (χ3n) is 10.9. The molecule has 3 heteroatoms. The van der Waals surface area contributed by atoms with E-state index in [2.05, 4.69) is 34.6 Å². The van der Waals surface area contributed by atoms with Crippen LogP contribution in [-0.4, -0.2) is 22.8 Å². The summed E-state index contributed by atoms with van der Waals surface area (Å²) in [5, 5.41) is 15.0. The van der Waals surface area contributed by atoms with E-state index in [0.29, 0.717) is 10.8 Å². The van der Waals surface area contributed by atoms with Gasteiger partial charge in [0.25, 0.3) is 0 Å². The van der Waals surface area contributed by atoms with Gasteiger partial charge in [-0.15, -0.1) is 0 Å². The van der Waals surface area contributed by atoms with E-state index in [-0.39, 0.29) is 0 Å². The molecule has 0 aromatic rings. The van der Waals surface area contributed by atoms with Crippen molar-refractivity contribution in [1.82, 2.24) is 0 Å². The first-order valence-electron chi connectivity index (χ1n) is 15.0. The number of hydrogen-bond acceptors (Lipinski definition) is 2. The van der Waals surface area contributed by atoms with Crippen LogP contribution >= 0.6 is 0 Å². The molecule has 0 spiro atoms. The van der Waals surface area contributed by atoms with Crippen molar-refractivity contribution in [2.45, 2.75) is 132 Å². The highest BCUT2D eigenvalue weighted by Gasteiger charge is 2.59. The van der Waals surface area contributed by atoms with Crippen molar-refractivity contribution >= 4 is 5.97 Å². The second kappa shape index (κ2) is 13.1. The minimum absolute atomic E-state index is 0.677. The molecule has 0 saturated heterocycles. The zero-order chi connectivity index (χ0) is 25.5. The number of carbonyl (C=O) groups is 1. The smallest absolute Gasteiger partial charge is 0.329 e. The molecule has 0 amide bonds. The van der Waals surface area contributed by atoms with E-state index in [1.807, 2.05) is 13.8 Å². The van der Waals surface area contributed by atoms with Gasteiger partial charge in [0.05, 0.1) is 0 Å². The van der Waals surface area contributed by atoms with Gasteiger partial charge in [-0.1, -0.05) is 80.6 Å². The number of hydrogen-bond donors (Lipinski definition) is 2. The minimum Gasteiger partial charge on any atom is -0.480 e. The molecule has 4 aliphatic rings. The van der Waals surface area contributed by atoms with Gasteiger partial charge in [0.1, 0.15) is 6.61 Å². The van der Waals surface area contributed by atoms with Crippen molar-refractivity contribution < 1.29 is 15.0 Å². The van der Waals surface area contributed by atoms with E-state index in [4.69, 9.17) is 15.0 Å². The molecule has 4 rings (SSSR count). The fourth-order valence-corrected chi connectivity index (χ4v) is 9.32. The van der Waals surface area contributed by atoms with Crippen LogP contribution in [-0.2, 0) is 4.79 Å². The standard InChI is InChI=1S/C27H48.C2H4O3.C2H6/c1-19(2)9-8-10-20(3)23-14-15-24-22-13-12-21-11-6-7-17-26(21,4)25(22)16-18-27(23,24)5;3-1-2(4)5;1-2/h19-25H,6-18H2,1-5H3;3H,1H2,(H,4,5);1-2H3. The molecule has 0 aliphatic heterocycles. The lowest BCUT2D eigenvalue weighted by Gasteiger charge is -2.61. The largest absolute Gasteiger partial charge is 0.480 e. The zero-order valence-corrected chi connectivity index (χ0v) is 23.7. The van der Waals surface area contributed by atoms with E-state index < -0.39 is 12.6 Å². The molecule has 34 heavy (non-hydrogen) atoms. The summed E-state index contributed by atoms with van der Waals surface area (Å²) >= 11 is 0. The van der Waals surface area contributed by atoms with E-state index in [9.17, 15) is 0 Å². The highest BCUT2D eigenvalue weighted by atomic mass is 16.4. The van der Waals surface area contributed by atoms with Crippen LogP contribution in [0.25, 0.3) is 0 Å². The fourth-order valence-electron chi connectivity index (χ4n) is 9.32. The summed E-state index contributed by atoms with van der Waals surface area (Å²) in [7, 11) is 0. The third kappa shape index (κ3) is 6.40. The predicted molar refractivity (Wildman–Crippen MR) is 144 cm³/mol. The van der Waals surface area contributed by atoms with Crippen molar-refractivity contribution in [2.24, 2.45) is 52.3 Å². The molecule has 3 nitrogen and oxygen atoms in total. The van der Waals surface area contributed by atoms with Crippen molar-refractivity contribution in [3.8, 4) is 0 Å². The van der Waals surface area contributed by atoms with Crippen LogP contribution in [0.2, 0.25) is 0 Å². The molecule has 8 unspecified atom stereocenters. The van der Waals surface area contributed by atoms with Crippen LogP contribution in [0.1, 0.15) is 132 Å². The summed E-state index contributed by atoms with van der Waals surface area (Å²) in [6.07, 6.45) is 19.9. The van der Waals surface area contributed by atoms with Gasteiger partial charge in [-0.3, -0.25) is 0 Å². The molecule has 0 aromatic heterocycles. The summed E-state index contributed by atoms with van der Waals surface area (Å²) < 4.78 is 0. The normalized spacial score (nSPS) is 39.4. The third-order valence-corrected chi connectivity index (χ3v) is 10.9. The molecule has 4 saturated carbocycles. The SMILES string of the molecule is CC.CC(C)CCCC(C)C1CCC2C3CCC4CCCCC4(C)C3CCC12C.O=C(O)CO. The molecule has 4 aliphatic carbocycles. The Kier molecular flexibility index (Phi) is 11.4. The van der Waals surface area contributed by atoms with Gasteiger partial charge < -0.3 is 10.2 Å². The highest BCUT2D eigenvalue weighted by molar-refractivity contribution is 5.67. The number of rotatable bonds is 6. The van der Waals surface area contributed by atoms with Crippen LogP contribution in [0.4, 0.5) is 0 Å². The Bertz CT molecular complexity index is 616. The molecule has 8 atom stereocenters. The summed E-state index contributed by atoms with van der Waals surface area (Å²) in [4.78, 5) is 9.12. The first-order valence-corrected chi connectivity index (χ1v) is 15.0. The van der Waals surface area contributed by atoms with Gasteiger partial charge >= 0.3 is 5.97 Å². The molecule has 0 aromatic carbocycles. The molecular formula is C31H58O3. The second-order valence-corrected chi connectivity index (χ2v) is 13.0. The van der Waals surface area contributed by atoms with Gasteiger partial charge in [0, 0.05) is 0 Å². The maximum atomic E-state index is 9.12. The number of aliphatic carboxylic acids is 1. The van der Waals surface area contributed by atoms with Gasteiger partial charge in [-0.05, 0) is 104 Å². The van der Waals surface area contributed by atoms with Crippen molar-refractivity contribution in [3.63, 3.8) is 0 Å². The average molecular weight is 479 g/mol. The Labute approximate surface area is 211 Å². The van der Waals surface area contributed by atoms with Gasteiger partial charge in [-0.2, -0.15) is 0 Å². The number of carboxylic acids is 1. The summed E-state index contributed by atoms with van der Waals surface area (Å²) in [5.41, 5.74) is 1.39. The Balaban J connectivity index is 0.000000520. The van der Waals surface area contributed by atoms with E-state index >= 15 is 0 Å². The average Bonchev–Trinajstić information content (AvgIpc) is 3.17. The molecule has 2 N–H and O–H groups in total. The molecule has 0 bridgehead atoms. The summed E-state index contributed by atoms with van der Waals surface area (Å²) in [6.45, 7) is 16.1. The van der Waals surface area contributed by atoms with Gasteiger partial charge in [0.2, 0.25) is 0 Å². The van der Waals surface area contributed by atoms with E-state index in [1.54, 1.807) is 51.4 Å². The first-order chi connectivity index (χ1) is 16.1. The quantitative estimate of drug-likeness (QED) is 0.402. The topological polar surface area (TPSA) is 57.5 Å². The Morgan fingerprint density at radius 3 is 2.12 bits per heavy atom. The van der Waals surface area contributed by atoms with Crippen LogP contribution in [0.15, 0.2) is 0 Å². The molecule has 200 valence electrons. The van der Waals surface area contributed by atoms with Crippen molar-refractivity contribution in [2.75, 3.05) is 6.61 Å². The van der Waals surface area contributed by atoms with Gasteiger partial charge in [0.15, 0.2) is 0 Å². The number of carboxylic acid groups (broad SMARTS) is 1. The predicted octanol–water partition coefficient (Wildman–Crippen LogP) is 8.59. The summed E-state index contributed by atoms with van der Waals surface area (Å²) in [5.74, 6) is 5.96. The molecule has 0 radical (unpaired) electrons. The van der Waals surface area contributed by atoms with Crippen LogP contribution in [0.3, 0.4) is 0 Å². The van der Waals surface area contributed by atoms with Crippen molar-refractivity contribution in [1.29, 1.82) is 0 Å². The van der Waals surface area contributed by atoms with E-state index in [0.717, 1.165) is 41.4 Å². The van der Waals surface area contributed by atoms with Crippen LogP contribution < -0.4 is 0 Å². The maximum Gasteiger partial charge on any atom is 0.329 e. The number of aliphatic hydroxyl groups is 1. The number of fused-ring (bicyclic) bond motifs is 5. The monoisotopic (exact) mass is 478 g/mol. The summed E-state index contributed by atoms with van der Waals surface area (Å²) in [6, 6.07) is 0. The minimum atomic E-state index is -1.19. The lowest BCUT2D eigenvalue weighted by molar-refractivity contribution is -0.140. The first kappa shape index (κ1) is 29.7. The highest BCUT2D eigenvalue weighted by Crippen LogP contribution is 2.68. The molecule has 0 heterocycles. The number of aliphatic hydroxyl groups excluding tert-OH is 1. The Hall–Kier alpha value is -0.570.